The Labute approximate surface area is 148 Å². The van der Waals surface area contributed by atoms with Crippen molar-refractivity contribution < 1.29 is 9.53 Å². The number of nitrogens with zero attached hydrogens (tertiary/aromatic N) is 5. The van der Waals surface area contributed by atoms with Gasteiger partial charge >= 0.3 is 5.97 Å². The molecule has 134 valence electrons. The third-order valence-corrected chi connectivity index (χ3v) is 4.34. The number of aryl methyl sites for hydroxylation is 4. The summed E-state index contributed by atoms with van der Waals surface area (Å²) in [7, 11) is 0. The summed E-state index contributed by atoms with van der Waals surface area (Å²) in [5, 5.41) is 4.31. The second kappa shape index (κ2) is 7.21. The fraction of sp³-hybridized carbons (Fsp3) is 0.556. The van der Waals surface area contributed by atoms with Gasteiger partial charge < -0.3 is 9.64 Å². The third-order valence-electron chi connectivity index (χ3n) is 4.34. The Morgan fingerprint density at radius 3 is 2.76 bits per heavy atom. The molecule has 7 nitrogen and oxygen atoms in total. The van der Waals surface area contributed by atoms with Crippen LogP contribution in [0.1, 0.15) is 47.5 Å². The van der Waals surface area contributed by atoms with Crippen LogP contribution in [0.3, 0.4) is 0 Å². The van der Waals surface area contributed by atoms with Crippen LogP contribution < -0.4 is 4.90 Å². The highest BCUT2D eigenvalue weighted by molar-refractivity contribution is 5.87. The third kappa shape index (κ3) is 3.97. The van der Waals surface area contributed by atoms with Crippen LogP contribution in [0.4, 0.5) is 5.82 Å². The van der Waals surface area contributed by atoms with Crippen molar-refractivity contribution in [2.75, 3.05) is 18.0 Å². The molecule has 0 aromatic carbocycles. The monoisotopic (exact) mass is 343 g/mol. The molecule has 3 rings (SSSR count). The Morgan fingerprint density at radius 1 is 1.24 bits per heavy atom. The van der Waals surface area contributed by atoms with E-state index < -0.39 is 0 Å². The molecule has 1 aliphatic rings. The Bertz CT molecular complexity index is 751. The van der Waals surface area contributed by atoms with Crippen molar-refractivity contribution in [3.05, 3.63) is 35.0 Å². The van der Waals surface area contributed by atoms with E-state index in [1.165, 1.54) is 0 Å². The Hall–Kier alpha value is -2.44. The van der Waals surface area contributed by atoms with Crippen molar-refractivity contribution in [2.24, 2.45) is 0 Å². The molecule has 1 fully saturated rings. The van der Waals surface area contributed by atoms with Crippen LogP contribution in [0.25, 0.3) is 0 Å². The summed E-state index contributed by atoms with van der Waals surface area (Å²) in [4.78, 5) is 23.5. The van der Waals surface area contributed by atoms with Gasteiger partial charge in [-0.1, -0.05) is 0 Å². The number of carbonyl (C=O) groups is 1. The Balaban J connectivity index is 1.70. The highest BCUT2D eigenvalue weighted by Gasteiger charge is 2.26. The van der Waals surface area contributed by atoms with Crippen molar-refractivity contribution in [3.8, 4) is 0 Å². The lowest BCUT2D eigenvalue weighted by atomic mass is 10.1. The molecule has 0 N–H and O–H groups in total. The number of piperidine rings is 1. The van der Waals surface area contributed by atoms with E-state index >= 15 is 0 Å². The van der Waals surface area contributed by atoms with Gasteiger partial charge in [0, 0.05) is 24.8 Å². The van der Waals surface area contributed by atoms with Crippen LogP contribution in [0, 0.1) is 20.8 Å². The number of esters is 1. The van der Waals surface area contributed by atoms with Gasteiger partial charge in [-0.2, -0.15) is 5.10 Å². The molecule has 0 spiro atoms. The van der Waals surface area contributed by atoms with Crippen molar-refractivity contribution >= 4 is 11.8 Å². The maximum absolute atomic E-state index is 12.5. The van der Waals surface area contributed by atoms with E-state index in [0.717, 1.165) is 42.4 Å². The summed E-state index contributed by atoms with van der Waals surface area (Å²) in [5.41, 5.74) is 2.29. The van der Waals surface area contributed by atoms with Gasteiger partial charge in [-0.15, -0.1) is 0 Å². The maximum atomic E-state index is 12.5. The molecule has 7 heteroatoms. The van der Waals surface area contributed by atoms with E-state index in [2.05, 4.69) is 20.0 Å². The van der Waals surface area contributed by atoms with Gasteiger partial charge in [-0.25, -0.2) is 14.8 Å². The van der Waals surface area contributed by atoms with Gasteiger partial charge in [0.25, 0.3) is 0 Å². The van der Waals surface area contributed by atoms with E-state index in [0.29, 0.717) is 18.8 Å². The van der Waals surface area contributed by atoms with Gasteiger partial charge in [-0.05, 0) is 46.6 Å². The minimum atomic E-state index is -0.302. The predicted octanol–water partition coefficient (Wildman–Crippen LogP) is 2.44. The summed E-state index contributed by atoms with van der Waals surface area (Å²) >= 11 is 0. The Kier molecular flexibility index (Phi) is 5.01. The molecule has 0 radical (unpaired) electrons. The number of rotatable bonds is 4. The van der Waals surface area contributed by atoms with Crippen molar-refractivity contribution in [1.82, 2.24) is 19.7 Å². The highest BCUT2D eigenvalue weighted by Crippen LogP contribution is 2.21. The second-order valence-corrected chi connectivity index (χ2v) is 6.52. The molecule has 0 saturated carbocycles. The quantitative estimate of drug-likeness (QED) is 0.794. The van der Waals surface area contributed by atoms with Gasteiger partial charge in [0.2, 0.25) is 0 Å². The van der Waals surface area contributed by atoms with E-state index in [1.54, 1.807) is 10.7 Å². The van der Waals surface area contributed by atoms with Crippen molar-refractivity contribution in [1.29, 1.82) is 0 Å². The SMILES string of the molecule is CCn1nc(C)cc1C(=O)O[C@@H]1CCCN(c2cc(C)nc(C)n2)C1. The number of hydrogen-bond donors (Lipinski definition) is 0. The maximum Gasteiger partial charge on any atom is 0.356 e. The van der Waals surface area contributed by atoms with Crippen molar-refractivity contribution in [3.63, 3.8) is 0 Å². The first-order valence-electron chi connectivity index (χ1n) is 8.79. The predicted molar refractivity (Wildman–Crippen MR) is 94.8 cm³/mol. The summed E-state index contributed by atoms with van der Waals surface area (Å²) in [6, 6.07) is 3.76. The molecule has 1 saturated heterocycles. The van der Waals surface area contributed by atoms with Crippen LogP contribution in [0.5, 0.6) is 0 Å². The summed E-state index contributed by atoms with van der Waals surface area (Å²) in [5.74, 6) is 1.36. The molecular formula is C18H25N5O2. The van der Waals surface area contributed by atoms with Crippen LogP contribution in [0.15, 0.2) is 12.1 Å². The van der Waals surface area contributed by atoms with Crippen molar-refractivity contribution in [2.45, 2.75) is 53.2 Å². The molecule has 2 aromatic rings. The van der Waals surface area contributed by atoms with Crippen LogP contribution in [-0.4, -0.2) is 44.9 Å². The number of hydrogen-bond acceptors (Lipinski definition) is 6. The zero-order chi connectivity index (χ0) is 18.0. The first-order valence-corrected chi connectivity index (χ1v) is 8.79. The molecule has 25 heavy (non-hydrogen) atoms. The topological polar surface area (TPSA) is 73.1 Å². The fourth-order valence-corrected chi connectivity index (χ4v) is 3.26. The lowest BCUT2D eigenvalue weighted by Crippen LogP contribution is -2.41. The molecule has 0 aliphatic carbocycles. The molecule has 1 atom stereocenters. The normalized spacial score (nSPS) is 17.6. The molecule has 3 heterocycles. The number of carbonyl (C=O) groups excluding carboxylic acids is 1. The summed E-state index contributed by atoms with van der Waals surface area (Å²) < 4.78 is 7.45. The number of anilines is 1. The molecule has 2 aromatic heterocycles. The van der Waals surface area contributed by atoms with E-state index in [1.807, 2.05) is 33.8 Å². The lowest BCUT2D eigenvalue weighted by molar-refractivity contribution is 0.0255. The van der Waals surface area contributed by atoms with Crippen LogP contribution >= 0.6 is 0 Å². The standard InChI is InChI=1S/C18H25N5O2/c1-5-23-16(9-13(3)21-23)18(24)25-15-7-6-8-22(11-15)17-10-12(2)19-14(4)20-17/h9-10,15H,5-8,11H2,1-4H3/t15-/m1/s1. The molecular weight excluding hydrogens is 318 g/mol. The van der Waals surface area contributed by atoms with Gasteiger partial charge in [0.05, 0.1) is 12.2 Å². The lowest BCUT2D eigenvalue weighted by Gasteiger charge is -2.33. The van der Waals surface area contributed by atoms with E-state index in [-0.39, 0.29) is 12.1 Å². The minimum Gasteiger partial charge on any atom is -0.456 e. The van der Waals surface area contributed by atoms with Crippen LogP contribution in [0.2, 0.25) is 0 Å². The van der Waals surface area contributed by atoms with E-state index in [4.69, 9.17) is 4.74 Å². The fourth-order valence-electron chi connectivity index (χ4n) is 3.26. The van der Waals surface area contributed by atoms with Crippen LogP contribution in [-0.2, 0) is 11.3 Å². The number of ether oxygens (including phenoxy) is 1. The first-order chi connectivity index (χ1) is 12.0. The first kappa shape index (κ1) is 17.4. The molecule has 1 aliphatic heterocycles. The van der Waals surface area contributed by atoms with E-state index in [9.17, 15) is 4.79 Å². The minimum absolute atomic E-state index is 0.141. The molecule has 0 amide bonds. The Morgan fingerprint density at radius 2 is 2.04 bits per heavy atom. The molecule has 0 bridgehead atoms. The summed E-state index contributed by atoms with van der Waals surface area (Å²) in [6.07, 6.45) is 1.69. The van der Waals surface area contributed by atoms with Gasteiger partial charge in [0.15, 0.2) is 0 Å². The second-order valence-electron chi connectivity index (χ2n) is 6.52. The summed E-state index contributed by atoms with van der Waals surface area (Å²) in [6.45, 7) is 9.92. The van der Waals surface area contributed by atoms with Gasteiger partial charge in [0.1, 0.15) is 23.4 Å². The average molecular weight is 343 g/mol. The zero-order valence-electron chi connectivity index (χ0n) is 15.3. The largest absolute Gasteiger partial charge is 0.456 e. The zero-order valence-corrected chi connectivity index (χ0v) is 15.3. The molecule has 0 unspecified atom stereocenters. The highest BCUT2D eigenvalue weighted by atomic mass is 16.5. The smallest absolute Gasteiger partial charge is 0.356 e. The van der Waals surface area contributed by atoms with Gasteiger partial charge in [-0.3, -0.25) is 4.68 Å². The number of aromatic nitrogens is 4. The average Bonchev–Trinajstić information content (AvgIpc) is 2.95.